The second-order valence-corrected chi connectivity index (χ2v) is 5.04. The number of nitrogens with two attached hydrogens (primary N) is 1. The predicted octanol–water partition coefficient (Wildman–Crippen LogP) is 2.41. The molecule has 1 saturated carbocycles. The third-order valence-electron chi connectivity index (χ3n) is 2.91. The Kier molecular flexibility index (Phi) is 3.78. The average Bonchev–Trinajstić information content (AvgIpc) is 3.10. The maximum atomic E-state index is 12.3. The van der Waals surface area contributed by atoms with Gasteiger partial charge in [0.15, 0.2) is 0 Å². The molecule has 1 aromatic carbocycles. The van der Waals surface area contributed by atoms with E-state index in [1.54, 1.807) is 23.1 Å². The number of carbonyl (C=O) groups is 1. The lowest BCUT2D eigenvalue weighted by Crippen LogP contribution is -2.33. The van der Waals surface area contributed by atoms with Crippen LogP contribution in [0.25, 0.3) is 0 Å². The van der Waals surface area contributed by atoms with Crippen LogP contribution in [-0.4, -0.2) is 23.9 Å². The summed E-state index contributed by atoms with van der Waals surface area (Å²) in [6.07, 6.45) is 7.65. The molecule has 1 aliphatic carbocycles. The maximum Gasteiger partial charge on any atom is 0.254 e. The predicted molar refractivity (Wildman–Crippen MR) is 73.3 cm³/mol. The van der Waals surface area contributed by atoms with Crippen LogP contribution in [0.1, 0.15) is 23.2 Å². The van der Waals surface area contributed by atoms with Crippen LogP contribution < -0.4 is 5.73 Å². The summed E-state index contributed by atoms with van der Waals surface area (Å²) in [6.45, 7) is 1.04. The molecule has 0 aromatic heterocycles. The summed E-state index contributed by atoms with van der Waals surface area (Å²) < 4.78 is 0. The first-order valence-corrected chi connectivity index (χ1v) is 6.26. The van der Waals surface area contributed by atoms with Gasteiger partial charge in [-0.1, -0.05) is 17.5 Å². The zero-order chi connectivity index (χ0) is 13.1. The number of halogens is 1. The van der Waals surface area contributed by atoms with Crippen LogP contribution in [0.5, 0.6) is 0 Å². The van der Waals surface area contributed by atoms with E-state index in [-0.39, 0.29) is 5.91 Å². The molecule has 0 heterocycles. The molecule has 0 radical (unpaired) electrons. The van der Waals surface area contributed by atoms with Crippen molar-refractivity contribution in [1.82, 2.24) is 4.90 Å². The van der Waals surface area contributed by atoms with Crippen LogP contribution in [0, 0.1) is 18.3 Å². The van der Waals surface area contributed by atoms with Crippen molar-refractivity contribution in [1.29, 1.82) is 0 Å². The van der Waals surface area contributed by atoms with E-state index in [4.69, 9.17) is 23.8 Å². The molecule has 2 N–H and O–H groups in total. The minimum Gasteiger partial charge on any atom is -0.399 e. The number of benzene rings is 1. The molecule has 94 valence electrons. The molecule has 2 rings (SSSR count). The van der Waals surface area contributed by atoms with Gasteiger partial charge in [-0.2, -0.15) is 0 Å². The number of hydrogen-bond acceptors (Lipinski definition) is 2. The molecule has 0 saturated heterocycles. The fourth-order valence-corrected chi connectivity index (χ4v) is 2.10. The van der Waals surface area contributed by atoms with Crippen LogP contribution in [0.2, 0.25) is 5.02 Å². The van der Waals surface area contributed by atoms with Crippen LogP contribution in [0.3, 0.4) is 0 Å². The number of terminal acetylenes is 1. The Morgan fingerprint density at radius 3 is 2.78 bits per heavy atom. The average molecular weight is 263 g/mol. The van der Waals surface area contributed by atoms with Crippen LogP contribution >= 0.6 is 11.6 Å². The summed E-state index contributed by atoms with van der Waals surface area (Å²) in [6, 6.07) is 4.87. The number of nitrogen functional groups attached to an aromatic ring is 1. The third-order valence-corrected chi connectivity index (χ3v) is 3.13. The third kappa shape index (κ3) is 3.18. The Hall–Kier alpha value is -1.66. The number of carbonyl (C=O) groups excluding carboxylic acids is 1. The first-order valence-electron chi connectivity index (χ1n) is 5.89. The van der Waals surface area contributed by atoms with Gasteiger partial charge in [0.05, 0.1) is 6.54 Å². The number of hydrogen-bond donors (Lipinski definition) is 1. The molecule has 0 spiro atoms. The van der Waals surface area contributed by atoms with E-state index < -0.39 is 0 Å². The second-order valence-electron chi connectivity index (χ2n) is 4.61. The Labute approximate surface area is 112 Å². The number of nitrogens with zero attached hydrogens (tertiary/aromatic N) is 1. The van der Waals surface area contributed by atoms with Crippen molar-refractivity contribution in [2.45, 2.75) is 12.8 Å². The lowest BCUT2D eigenvalue weighted by atomic mass is 10.1. The molecular formula is C14H15ClN2O. The first kappa shape index (κ1) is 12.8. The highest BCUT2D eigenvalue weighted by molar-refractivity contribution is 6.31. The minimum absolute atomic E-state index is 0.103. The van der Waals surface area contributed by atoms with Gasteiger partial charge in [0.1, 0.15) is 0 Å². The van der Waals surface area contributed by atoms with Gasteiger partial charge in [-0.25, -0.2) is 0 Å². The van der Waals surface area contributed by atoms with Crippen molar-refractivity contribution in [3.8, 4) is 12.3 Å². The van der Waals surface area contributed by atoms with E-state index in [1.165, 1.54) is 12.8 Å². The molecule has 1 amide bonds. The van der Waals surface area contributed by atoms with E-state index in [0.29, 0.717) is 28.7 Å². The van der Waals surface area contributed by atoms with Gasteiger partial charge in [0.2, 0.25) is 0 Å². The zero-order valence-electron chi connectivity index (χ0n) is 10.0. The van der Waals surface area contributed by atoms with Crippen LogP contribution in [0.4, 0.5) is 5.69 Å². The SMILES string of the molecule is C#CCN(CC1CC1)C(=O)c1cc(N)cc(Cl)c1. The summed E-state index contributed by atoms with van der Waals surface area (Å²) in [5.41, 5.74) is 6.67. The van der Waals surface area contributed by atoms with E-state index in [2.05, 4.69) is 5.92 Å². The van der Waals surface area contributed by atoms with Gasteiger partial charge in [-0.15, -0.1) is 6.42 Å². The summed E-state index contributed by atoms with van der Waals surface area (Å²) in [5.74, 6) is 3.02. The summed E-state index contributed by atoms with van der Waals surface area (Å²) in [7, 11) is 0. The topological polar surface area (TPSA) is 46.3 Å². The molecule has 0 aliphatic heterocycles. The van der Waals surface area contributed by atoms with E-state index in [0.717, 1.165) is 6.54 Å². The van der Waals surface area contributed by atoms with Gasteiger partial charge in [0.25, 0.3) is 5.91 Å². The largest absolute Gasteiger partial charge is 0.399 e. The van der Waals surface area contributed by atoms with Gasteiger partial charge in [0, 0.05) is 22.8 Å². The van der Waals surface area contributed by atoms with Crippen molar-refractivity contribution < 1.29 is 4.79 Å². The fraction of sp³-hybridized carbons (Fsp3) is 0.357. The molecule has 4 heteroatoms. The molecule has 1 fully saturated rings. The maximum absolute atomic E-state index is 12.3. The van der Waals surface area contributed by atoms with Crippen molar-refractivity contribution in [2.24, 2.45) is 5.92 Å². The lowest BCUT2D eigenvalue weighted by molar-refractivity contribution is 0.0770. The van der Waals surface area contributed by atoms with Crippen molar-refractivity contribution in [2.75, 3.05) is 18.8 Å². The smallest absolute Gasteiger partial charge is 0.254 e. The quantitative estimate of drug-likeness (QED) is 0.669. The van der Waals surface area contributed by atoms with Crippen LogP contribution in [-0.2, 0) is 0 Å². The van der Waals surface area contributed by atoms with E-state index in [1.807, 2.05) is 0 Å². The van der Waals surface area contributed by atoms with Gasteiger partial charge in [-0.05, 0) is 37.0 Å². The molecule has 0 bridgehead atoms. The molecule has 1 aromatic rings. The molecule has 0 atom stereocenters. The lowest BCUT2D eigenvalue weighted by Gasteiger charge is -2.20. The van der Waals surface area contributed by atoms with Gasteiger partial charge in [-0.3, -0.25) is 4.79 Å². The van der Waals surface area contributed by atoms with E-state index in [9.17, 15) is 4.79 Å². The number of anilines is 1. The molecule has 18 heavy (non-hydrogen) atoms. The Bertz CT molecular complexity index is 483. The highest BCUT2D eigenvalue weighted by Gasteiger charge is 2.27. The summed E-state index contributed by atoms with van der Waals surface area (Å²) >= 11 is 5.90. The minimum atomic E-state index is -0.103. The summed E-state index contributed by atoms with van der Waals surface area (Å²) in [4.78, 5) is 14.0. The number of amides is 1. The molecule has 3 nitrogen and oxygen atoms in total. The van der Waals surface area contributed by atoms with Crippen molar-refractivity contribution in [3.63, 3.8) is 0 Å². The Balaban J connectivity index is 2.18. The first-order chi connectivity index (χ1) is 8.60. The van der Waals surface area contributed by atoms with Crippen molar-refractivity contribution >= 4 is 23.2 Å². The highest BCUT2D eigenvalue weighted by Crippen LogP contribution is 2.30. The fourth-order valence-electron chi connectivity index (χ4n) is 1.86. The Morgan fingerprint density at radius 1 is 1.50 bits per heavy atom. The molecule has 1 aliphatic rings. The molecule has 0 unspecified atom stereocenters. The standard InChI is InChI=1S/C14H15ClN2O/c1-2-5-17(9-10-3-4-10)14(18)11-6-12(15)8-13(16)7-11/h1,6-8,10H,3-5,9,16H2. The second kappa shape index (κ2) is 5.32. The Morgan fingerprint density at radius 2 is 2.22 bits per heavy atom. The number of rotatable bonds is 4. The van der Waals surface area contributed by atoms with Crippen LogP contribution in [0.15, 0.2) is 18.2 Å². The molecular weight excluding hydrogens is 248 g/mol. The summed E-state index contributed by atoms with van der Waals surface area (Å²) in [5, 5.41) is 0.463. The monoisotopic (exact) mass is 262 g/mol. The zero-order valence-corrected chi connectivity index (χ0v) is 10.8. The van der Waals surface area contributed by atoms with Gasteiger partial charge < -0.3 is 10.6 Å². The normalized spacial score (nSPS) is 14.0. The highest BCUT2D eigenvalue weighted by atomic mass is 35.5. The van der Waals surface area contributed by atoms with E-state index >= 15 is 0 Å². The van der Waals surface area contributed by atoms with Gasteiger partial charge >= 0.3 is 0 Å². The van der Waals surface area contributed by atoms with Crippen molar-refractivity contribution in [3.05, 3.63) is 28.8 Å².